The molecule has 0 fully saturated rings. The molecule has 1 aliphatic heterocycles. The minimum Gasteiger partial charge on any atom is -0.334 e. The predicted octanol–water partition coefficient (Wildman–Crippen LogP) is 6.50. The van der Waals surface area contributed by atoms with Crippen molar-refractivity contribution < 1.29 is 18.1 Å². The maximum atomic E-state index is 14.0. The number of hydrogen-bond donors (Lipinski definition) is 1. The fourth-order valence-corrected chi connectivity index (χ4v) is 4.94. The summed E-state index contributed by atoms with van der Waals surface area (Å²) in [6.07, 6.45) is 1.98. The first kappa shape index (κ1) is 22.3. The lowest BCUT2D eigenvalue weighted by molar-refractivity contribution is 0.244. The van der Waals surface area contributed by atoms with Crippen LogP contribution in [0, 0.1) is 11.6 Å². The molecule has 0 saturated carbocycles. The quantitative estimate of drug-likeness (QED) is 0.319. The van der Waals surface area contributed by atoms with Gasteiger partial charge in [-0.05, 0) is 54.5 Å². The van der Waals surface area contributed by atoms with Crippen molar-refractivity contribution in [3.05, 3.63) is 88.8 Å². The summed E-state index contributed by atoms with van der Waals surface area (Å²) in [5.41, 5.74) is 1.83. The van der Waals surface area contributed by atoms with Gasteiger partial charge in [0.05, 0.1) is 22.2 Å². The fourth-order valence-electron chi connectivity index (χ4n) is 3.88. The van der Waals surface area contributed by atoms with E-state index in [1.807, 2.05) is 48.0 Å². The molecule has 2 aromatic heterocycles. The number of urea groups is 1. The van der Waals surface area contributed by atoms with Crippen molar-refractivity contribution in [1.82, 2.24) is 15.5 Å². The maximum Gasteiger partial charge on any atom is 0.327 e. The number of thioether (sulfide) groups is 1. The molecule has 172 valence electrons. The number of carbonyl (C=O) groups is 1. The van der Waals surface area contributed by atoms with E-state index in [-0.39, 0.29) is 11.6 Å². The van der Waals surface area contributed by atoms with Gasteiger partial charge in [0.1, 0.15) is 11.6 Å². The van der Waals surface area contributed by atoms with Gasteiger partial charge in [0, 0.05) is 16.7 Å². The van der Waals surface area contributed by atoms with Crippen LogP contribution in [0.3, 0.4) is 0 Å². The number of benzene rings is 2. The second kappa shape index (κ2) is 9.03. The number of halogens is 2. The van der Waals surface area contributed by atoms with Crippen molar-refractivity contribution >= 4 is 40.4 Å². The first-order valence-corrected chi connectivity index (χ1v) is 12.3. The molecule has 4 aromatic rings. The molecule has 1 unspecified atom stereocenters. The van der Waals surface area contributed by atoms with Gasteiger partial charge < -0.3 is 9.84 Å². The van der Waals surface area contributed by atoms with Crippen molar-refractivity contribution in [2.75, 3.05) is 11.2 Å². The number of carbonyl (C=O) groups excluding carboxylic acids is 1. The van der Waals surface area contributed by atoms with Crippen LogP contribution in [-0.2, 0) is 0 Å². The highest BCUT2D eigenvalue weighted by atomic mass is 32.2. The molecule has 0 radical (unpaired) electrons. The van der Waals surface area contributed by atoms with E-state index in [1.165, 1.54) is 16.2 Å². The lowest BCUT2D eigenvalue weighted by atomic mass is 9.94. The average Bonchev–Trinajstić information content (AvgIpc) is 3.50. The van der Waals surface area contributed by atoms with Crippen molar-refractivity contribution in [2.24, 2.45) is 0 Å². The molecule has 6 nitrogen and oxygen atoms in total. The van der Waals surface area contributed by atoms with Crippen LogP contribution in [0.25, 0.3) is 16.3 Å². The normalized spacial score (nSPS) is 16.2. The molecule has 1 atom stereocenters. The van der Waals surface area contributed by atoms with Gasteiger partial charge in [0.2, 0.25) is 5.82 Å². The van der Waals surface area contributed by atoms with Crippen LogP contribution < -0.4 is 10.2 Å². The van der Waals surface area contributed by atoms with Crippen LogP contribution in [-0.4, -0.2) is 22.4 Å². The number of aromatic nitrogens is 2. The van der Waals surface area contributed by atoms with E-state index in [1.54, 1.807) is 18.7 Å². The molecule has 1 aliphatic rings. The van der Waals surface area contributed by atoms with Gasteiger partial charge in [-0.1, -0.05) is 23.4 Å². The van der Waals surface area contributed by atoms with E-state index in [0.29, 0.717) is 17.1 Å². The zero-order valence-electron chi connectivity index (χ0n) is 18.1. The predicted molar refractivity (Wildman–Crippen MR) is 129 cm³/mol. The third-order valence-corrected chi connectivity index (χ3v) is 7.05. The first-order valence-electron chi connectivity index (χ1n) is 10.2. The minimum absolute atomic E-state index is 0.0548. The zero-order chi connectivity index (χ0) is 23.8. The zero-order valence-corrected chi connectivity index (χ0v) is 19.7. The van der Waals surface area contributed by atoms with Gasteiger partial charge in [-0.2, -0.15) is 4.98 Å². The molecular weight excluding hydrogens is 478 g/mol. The Kier molecular flexibility index (Phi) is 5.93. The van der Waals surface area contributed by atoms with Crippen LogP contribution in [0.5, 0.6) is 0 Å². The number of amides is 2. The monoisotopic (exact) mass is 496 g/mol. The van der Waals surface area contributed by atoms with Crippen molar-refractivity contribution in [3.63, 3.8) is 0 Å². The van der Waals surface area contributed by atoms with Crippen LogP contribution >= 0.6 is 23.1 Å². The third-order valence-electron chi connectivity index (χ3n) is 5.44. The summed E-state index contributed by atoms with van der Waals surface area (Å²) in [7, 11) is 0. The summed E-state index contributed by atoms with van der Waals surface area (Å²) in [6.45, 7) is 1.69. The molecule has 10 heteroatoms. The molecular formula is C24H18F2N4O2S2. The molecule has 0 aliphatic carbocycles. The number of anilines is 1. The van der Waals surface area contributed by atoms with E-state index in [4.69, 9.17) is 4.52 Å². The Balaban J connectivity index is 1.66. The molecule has 0 saturated heterocycles. The Morgan fingerprint density at radius 2 is 1.85 bits per heavy atom. The third kappa shape index (κ3) is 4.10. The molecule has 3 heterocycles. The molecule has 0 spiro atoms. The number of hydrogen-bond acceptors (Lipinski definition) is 6. The van der Waals surface area contributed by atoms with Crippen LogP contribution in [0.1, 0.15) is 24.4 Å². The lowest BCUT2D eigenvalue weighted by Gasteiger charge is -2.35. The summed E-state index contributed by atoms with van der Waals surface area (Å²) in [5, 5.41) is 8.95. The van der Waals surface area contributed by atoms with Gasteiger partial charge in [-0.15, -0.1) is 23.1 Å². The first-order chi connectivity index (χ1) is 16.4. The summed E-state index contributed by atoms with van der Waals surface area (Å²) >= 11 is 3.08. The van der Waals surface area contributed by atoms with Crippen LogP contribution in [0.15, 0.2) is 75.1 Å². The summed E-state index contributed by atoms with van der Waals surface area (Å²) < 4.78 is 33.6. The van der Waals surface area contributed by atoms with Gasteiger partial charge in [-0.25, -0.2) is 13.6 Å². The second-order valence-electron chi connectivity index (χ2n) is 7.52. The Bertz CT molecular complexity index is 1360. The van der Waals surface area contributed by atoms with Crippen molar-refractivity contribution in [3.8, 4) is 10.7 Å². The van der Waals surface area contributed by atoms with E-state index < -0.39 is 23.7 Å². The van der Waals surface area contributed by atoms with E-state index in [2.05, 4.69) is 15.5 Å². The molecule has 0 bridgehead atoms. The van der Waals surface area contributed by atoms with Crippen LogP contribution in [0.4, 0.5) is 19.3 Å². The summed E-state index contributed by atoms with van der Waals surface area (Å²) in [6, 6.07) is 13.3. The molecule has 1 N–H and O–H groups in total. The van der Waals surface area contributed by atoms with Gasteiger partial charge in [0.25, 0.3) is 5.89 Å². The maximum absolute atomic E-state index is 14.0. The highest BCUT2D eigenvalue weighted by Crippen LogP contribution is 2.40. The second-order valence-corrected chi connectivity index (χ2v) is 9.35. The number of nitrogens with one attached hydrogen (secondary N) is 1. The van der Waals surface area contributed by atoms with Gasteiger partial charge in [-0.3, -0.25) is 4.90 Å². The Morgan fingerprint density at radius 1 is 1.12 bits per heavy atom. The SMILES string of the molecule is CSc1ccc(C2NC(=O)N(c3cc(F)cc(F)c3)C(C)=C2c2nc(-c3cccs3)no2)cc1. The summed E-state index contributed by atoms with van der Waals surface area (Å²) in [4.78, 5) is 20.9. The Labute approximate surface area is 202 Å². The number of nitrogens with zero attached hydrogens (tertiary/aromatic N) is 3. The van der Waals surface area contributed by atoms with Crippen molar-refractivity contribution in [2.45, 2.75) is 17.9 Å². The van der Waals surface area contributed by atoms with Crippen LogP contribution in [0.2, 0.25) is 0 Å². The topological polar surface area (TPSA) is 71.3 Å². The van der Waals surface area contributed by atoms with Gasteiger partial charge >= 0.3 is 6.03 Å². The molecule has 2 amide bonds. The standard InChI is InChI=1S/C24H18F2N4O2S2/c1-13-20(23-28-22(29-32-23)19-4-3-9-34-19)21(14-5-7-18(33-2)8-6-14)27-24(31)30(13)17-11-15(25)10-16(26)12-17/h3-12,21H,1-2H3,(H,27,31). The molecule has 34 heavy (non-hydrogen) atoms. The lowest BCUT2D eigenvalue weighted by Crippen LogP contribution is -2.46. The smallest absolute Gasteiger partial charge is 0.327 e. The number of allylic oxidation sites excluding steroid dienone is 1. The summed E-state index contributed by atoms with van der Waals surface area (Å²) in [5.74, 6) is -0.946. The minimum atomic E-state index is -0.787. The molecule has 2 aromatic carbocycles. The van der Waals surface area contributed by atoms with E-state index in [0.717, 1.165) is 33.5 Å². The van der Waals surface area contributed by atoms with E-state index in [9.17, 15) is 13.6 Å². The highest BCUT2D eigenvalue weighted by Gasteiger charge is 2.36. The van der Waals surface area contributed by atoms with E-state index >= 15 is 0 Å². The Morgan fingerprint density at radius 3 is 2.50 bits per heavy atom. The average molecular weight is 497 g/mol. The Hall–Kier alpha value is -3.50. The number of rotatable bonds is 5. The highest BCUT2D eigenvalue weighted by molar-refractivity contribution is 7.98. The fraction of sp³-hybridized carbons (Fsp3) is 0.125. The van der Waals surface area contributed by atoms with Crippen molar-refractivity contribution in [1.29, 1.82) is 0 Å². The van der Waals surface area contributed by atoms with Gasteiger partial charge in [0.15, 0.2) is 0 Å². The largest absolute Gasteiger partial charge is 0.334 e. The molecule has 5 rings (SSSR count). The number of thiophene rings is 1.